The lowest BCUT2D eigenvalue weighted by atomic mass is 10.2. The molecule has 1 unspecified atom stereocenters. The van der Waals surface area contributed by atoms with Crippen molar-refractivity contribution in [3.05, 3.63) is 23.8 Å². The molecule has 1 aromatic rings. The van der Waals surface area contributed by atoms with Crippen LogP contribution in [0.1, 0.15) is 12.0 Å². The zero-order chi connectivity index (χ0) is 19.2. The van der Waals surface area contributed by atoms with Crippen LogP contribution in [0.2, 0.25) is 12.6 Å². The molecule has 0 saturated heterocycles. The minimum Gasteiger partial charge on any atom is -0.520 e. The lowest BCUT2D eigenvalue weighted by Crippen LogP contribution is -2.49. The van der Waals surface area contributed by atoms with Crippen molar-refractivity contribution in [1.29, 1.82) is 0 Å². The molecule has 0 aromatic heterocycles. The number of hydrogen-bond donors (Lipinski definition) is 0. The molecule has 0 radical (unpaired) electrons. The normalized spacial score (nSPS) is 20.0. The molecule has 1 aliphatic heterocycles. The van der Waals surface area contributed by atoms with Crippen molar-refractivity contribution >= 4 is 17.4 Å². The topological polar surface area (TPSA) is 58.6 Å². The highest BCUT2D eigenvalue weighted by Crippen LogP contribution is 2.34. The van der Waals surface area contributed by atoms with Gasteiger partial charge in [0.05, 0.1) is 6.61 Å². The van der Waals surface area contributed by atoms with Crippen molar-refractivity contribution in [2.45, 2.75) is 25.6 Å². The van der Waals surface area contributed by atoms with Crippen molar-refractivity contribution in [3.63, 3.8) is 0 Å². The van der Waals surface area contributed by atoms with Crippen LogP contribution in [0.15, 0.2) is 18.2 Å². The fourth-order valence-corrected chi connectivity index (χ4v) is 6.22. The molecule has 26 heavy (non-hydrogen) atoms. The maximum absolute atomic E-state index is 6.24. The third kappa shape index (κ3) is 5.52. The number of ether oxygens (including phenoxy) is 1. The molecule has 148 valence electrons. The molecule has 7 nitrogen and oxygen atoms in total. The lowest BCUT2D eigenvalue weighted by molar-refractivity contribution is 0.100. The van der Waals surface area contributed by atoms with E-state index >= 15 is 0 Å². The summed E-state index contributed by atoms with van der Waals surface area (Å²) < 4.78 is 34.3. The van der Waals surface area contributed by atoms with Gasteiger partial charge in [0.1, 0.15) is 11.5 Å². The van der Waals surface area contributed by atoms with Crippen LogP contribution in [-0.2, 0) is 24.3 Å². The fraction of sp³-hybridized carbons (Fsp3) is 0.647. The monoisotopic (exact) mass is 401 g/mol. The second-order valence-corrected chi connectivity index (χ2v) is 12.9. The van der Waals surface area contributed by atoms with Gasteiger partial charge in [-0.25, -0.2) is 0 Å². The first-order chi connectivity index (χ1) is 12.4. The molecular formula is C17H31NO6Si2. The number of fused-ring (bicyclic) bond motifs is 1. The van der Waals surface area contributed by atoms with Gasteiger partial charge in [0.15, 0.2) is 6.23 Å². The summed E-state index contributed by atoms with van der Waals surface area (Å²) in [6, 6.07) is 6.79. The first-order valence-electron chi connectivity index (χ1n) is 8.74. The molecule has 1 aliphatic rings. The van der Waals surface area contributed by atoms with Gasteiger partial charge in [-0.1, -0.05) is 0 Å². The lowest BCUT2D eigenvalue weighted by Gasteiger charge is -2.34. The van der Waals surface area contributed by atoms with Crippen molar-refractivity contribution < 1.29 is 26.9 Å². The zero-order valence-electron chi connectivity index (χ0n) is 16.7. The van der Waals surface area contributed by atoms with Gasteiger partial charge >= 0.3 is 17.4 Å². The summed E-state index contributed by atoms with van der Waals surface area (Å²) in [6.07, 6.45) is 1.32. The Morgan fingerprint density at radius 1 is 1.15 bits per heavy atom. The van der Waals surface area contributed by atoms with Crippen LogP contribution >= 0.6 is 0 Å². The van der Waals surface area contributed by atoms with E-state index < -0.39 is 17.4 Å². The van der Waals surface area contributed by atoms with E-state index in [9.17, 15) is 0 Å². The summed E-state index contributed by atoms with van der Waals surface area (Å²) in [5.74, 6) is 1.62. The summed E-state index contributed by atoms with van der Waals surface area (Å²) in [5.41, 5.74) is 1.000. The van der Waals surface area contributed by atoms with Gasteiger partial charge in [-0.05, 0) is 51.8 Å². The highest BCUT2D eigenvalue weighted by Gasteiger charge is 2.40. The Bertz CT molecular complexity index is 576. The van der Waals surface area contributed by atoms with E-state index in [0.29, 0.717) is 6.61 Å². The first-order valence-corrected chi connectivity index (χ1v) is 13.2. The van der Waals surface area contributed by atoms with Gasteiger partial charge in [0.25, 0.3) is 0 Å². The van der Waals surface area contributed by atoms with E-state index in [1.807, 2.05) is 18.2 Å². The van der Waals surface area contributed by atoms with Gasteiger partial charge in [-0.15, -0.1) is 0 Å². The summed E-state index contributed by atoms with van der Waals surface area (Å²) in [5, 5.41) is 0. The average molecular weight is 402 g/mol. The van der Waals surface area contributed by atoms with Crippen LogP contribution in [-0.4, -0.2) is 70.5 Å². The highest BCUT2D eigenvalue weighted by molar-refractivity contribution is 6.67. The van der Waals surface area contributed by atoms with Gasteiger partial charge < -0.3 is 31.8 Å². The van der Waals surface area contributed by atoms with Crippen molar-refractivity contribution in [2.75, 3.05) is 48.2 Å². The molecule has 0 N–H and O–H groups in total. The number of nitrogens with zero attached hydrogens (tertiary/aromatic N) is 1. The summed E-state index contributed by atoms with van der Waals surface area (Å²) in [4.78, 5) is 2.18. The fourth-order valence-electron chi connectivity index (χ4n) is 2.79. The van der Waals surface area contributed by atoms with Crippen LogP contribution in [0.25, 0.3) is 0 Å². The Labute approximate surface area is 158 Å². The van der Waals surface area contributed by atoms with Gasteiger partial charge in [-0.3, -0.25) is 0 Å². The van der Waals surface area contributed by atoms with E-state index in [2.05, 4.69) is 25.5 Å². The minimum atomic E-state index is -2.76. The Balaban J connectivity index is 1.98. The minimum absolute atomic E-state index is 0.244. The number of rotatable bonds is 10. The Kier molecular flexibility index (Phi) is 7.65. The van der Waals surface area contributed by atoms with Gasteiger partial charge in [-0.2, -0.15) is 0 Å². The van der Waals surface area contributed by atoms with Crippen LogP contribution in [0.5, 0.6) is 11.5 Å². The Morgan fingerprint density at radius 3 is 2.46 bits per heavy atom. The average Bonchev–Trinajstić information content (AvgIpc) is 2.63. The summed E-state index contributed by atoms with van der Waals surface area (Å²) in [7, 11) is 3.94. The molecule has 1 heterocycles. The van der Waals surface area contributed by atoms with Gasteiger partial charge in [0.2, 0.25) is 0 Å². The Hall–Kier alpha value is -0.946. The molecule has 0 spiro atoms. The molecule has 0 aliphatic carbocycles. The maximum atomic E-state index is 6.24. The van der Waals surface area contributed by atoms with Crippen molar-refractivity contribution in [1.82, 2.24) is 4.90 Å². The van der Waals surface area contributed by atoms with E-state index in [1.54, 1.807) is 21.3 Å². The largest absolute Gasteiger partial charge is 0.539 e. The SMILES string of the molecule is CO[Si](COc1ccc2c(c1)CO[Si](C)(CCCN(C)C)O2)(OC)OC. The molecule has 0 amide bonds. The molecular weight excluding hydrogens is 370 g/mol. The predicted molar refractivity (Wildman–Crippen MR) is 104 cm³/mol. The smallest absolute Gasteiger partial charge is 0.520 e. The van der Waals surface area contributed by atoms with Crippen molar-refractivity contribution in [2.24, 2.45) is 0 Å². The van der Waals surface area contributed by atoms with Crippen LogP contribution in [0, 0.1) is 0 Å². The van der Waals surface area contributed by atoms with E-state index in [0.717, 1.165) is 36.1 Å². The first kappa shape index (κ1) is 21.4. The molecule has 1 aromatic carbocycles. The Morgan fingerprint density at radius 2 is 1.85 bits per heavy atom. The molecule has 1 atom stereocenters. The molecule has 0 bridgehead atoms. The third-order valence-corrected chi connectivity index (χ3v) is 9.51. The standard InChI is InChI=1S/C17H31NO6Si2/c1-18(2)10-7-11-25(6)23-13-15-12-16(8-9-17(15)24-25)22-14-26(19-3,20-4)21-5/h8-9,12H,7,10-11,13-14H2,1-6H3. The quantitative estimate of drug-likeness (QED) is 0.558. The second kappa shape index (κ2) is 9.31. The van der Waals surface area contributed by atoms with E-state index in [-0.39, 0.29) is 6.23 Å². The second-order valence-electron chi connectivity index (χ2n) is 6.78. The molecule has 0 saturated carbocycles. The number of hydrogen-bond acceptors (Lipinski definition) is 7. The summed E-state index contributed by atoms with van der Waals surface area (Å²) in [6.45, 7) is 3.73. The van der Waals surface area contributed by atoms with E-state index in [1.165, 1.54) is 0 Å². The van der Waals surface area contributed by atoms with Gasteiger partial charge in [0, 0.05) is 32.9 Å². The highest BCUT2D eigenvalue weighted by atomic mass is 28.4. The van der Waals surface area contributed by atoms with Crippen molar-refractivity contribution in [3.8, 4) is 11.5 Å². The zero-order valence-corrected chi connectivity index (χ0v) is 18.7. The number of benzene rings is 1. The molecule has 2 rings (SSSR count). The third-order valence-electron chi connectivity index (χ3n) is 4.48. The van der Waals surface area contributed by atoms with Crippen LogP contribution in [0.3, 0.4) is 0 Å². The summed E-state index contributed by atoms with van der Waals surface area (Å²) >= 11 is 0. The van der Waals surface area contributed by atoms with E-state index in [4.69, 9.17) is 26.9 Å². The molecule has 9 heteroatoms. The maximum Gasteiger partial charge on any atom is 0.539 e. The molecule has 0 fully saturated rings. The van der Waals surface area contributed by atoms with Crippen LogP contribution < -0.4 is 9.16 Å². The predicted octanol–water partition coefficient (Wildman–Crippen LogP) is 2.42. The van der Waals surface area contributed by atoms with Crippen LogP contribution in [0.4, 0.5) is 0 Å².